The van der Waals surface area contributed by atoms with Gasteiger partial charge in [0.05, 0.1) is 12.8 Å². The first-order chi connectivity index (χ1) is 11.8. The third kappa shape index (κ3) is 4.15. The number of piperidine rings is 1. The summed E-state index contributed by atoms with van der Waals surface area (Å²) < 4.78 is 5.27. The number of carbonyl (C=O) groups excluding carboxylic acids is 1. The second-order valence-electron chi connectivity index (χ2n) is 6.19. The number of anilines is 1. The second kappa shape index (κ2) is 7.97. The van der Waals surface area contributed by atoms with E-state index in [1.54, 1.807) is 7.11 Å². The van der Waals surface area contributed by atoms with Crippen molar-refractivity contribution in [3.63, 3.8) is 0 Å². The zero-order valence-electron chi connectivity index (χ0n) is 14.1. The largest absolute Gasteiger partial charge is 0.495 e. The van der Waals surface area contributed by atoms with E-state index in [1.807, 2.05) is 48.5 Å². The molecule has 1 fully saturated rings. The summed E-state index contributed by atoms with van der Waals surface area (Å²) in [5.41, 5.74) is 2.59. The van der Waals surface area contributed by atoms with Crippen LogP contribution < -0.4 is 10.1 Å². The van der Waals surface area contributed by atoms with E-state index in [0.29, 0.717) is 17.0 Å². The zero-order valence-corrected chi connectivity index (χ0v) is 14.1. The van der Waals surface area contributed by atoms with Crippen molar-refractivity contribution in [2.45, 2.75) is 25.8 Å². The summed E-state index contributed by atoms with van der Waals surface area (Å²) >= 11 is 0. The minimum absolute atomic E-state index is 0.121. The molecule has 0 spiro atoms. The number of benzene rings is 2. The Morgan fingerprint density at radius 1 is 1.04 bits per heavy atom. The normalized spacial score (nSPS) is 15.0. The molecular formula is C20H24N2O2. The van der Waals surface area contributed by atoms with Crippen molar-refractivity contribution >= 4 is 11.6 Å². The van der Waals surface area contributed by atoms with Crippen LogP contribution >= 0.6 is 0 Å². The fourth-order valence-corrected chi connectivity index (χ4v) is 3.08. The summed E-state index contributed by atoms with van der Waals surface area (Å²) in [6.07, 6.45) is 3.93. The zero-order chi connectivity index (χ0) is 16.8. The van der Waals surface area contributed by atoms with Crippen LogP contribution in [0, 0.1) is 0 Å². The van der Waals surface area contributed by atoms with E-state index in [-0.39, 0.29) is 5.91 Å². The molecule has 2 aromatic carbocycles. The summed E-state index contributed by atoms with van der Waals surface area (Å²) in [6.45, 7) is 3.32. The Kier molecular flexibility index (Phi) is 5.49. The summed E-state index contributed by atoms with van der Waals surface area (Å²) in [5.74, 6) is 0.539. The van der Waals surface area contributed by atoms with Crippen LogP contribution in [0.5, 0.6) is 5.75 Å². The first-order valence-electron chi connectivity index (χ1n) is 8.52. The predicted octanol–water partition coefficient (Wildman–Crippen LogP) is 3.93. The van der Waals surface area contributed by atoms with Crippen LogP contribution in [-0.4, -0.2) is 31.0 Å². The molecule has 1 saturated heterocycles. The maximum Gasteiger partial charge on any atom is 0.255 e. The summed E-state index contributed by atoms with van der Waals surface area (Å²) in [6, 6.07) is 15.3. The van der Waals surface area contributed by atoms with E-state index < -0.39 is 0 Å². The quantitative estimate of drug-likeness (QED) is 0.906. The Labute approximate surface area is 143 Å². The van der Waals surface area contributed by atoms with E-state index in [9.17, 15) is 4.79 Å². The summed E-state index contributed by atoms with van der Waals surface area (Å²) in [7, 11) is 1.60. The van der Waals surface area contributed by atoms with Crippen LogP contribution in [0.15, 0.2) is 48.5 Å². The number of rotatable bonds is 5. The molecule has 4 nitrogen and oxygen atoms in total. The molecule has 2 aromatic rings. The van der Waals surface area contributed by atoms with Crippen molar-refractivity contribution in [3.05, 3.63) is 59.7 Å². The molecule has 0 aliphatic carbocycles. The molecule has 0 radical (unpaired) electrons. The number of ether oxygens (including phenoxy) is 1. The van der Waals surface area contributed by atoms with Gasteiger partial charge in [0.15, 0.2) is 0 Å². The third-order valence-electron chi connectivity index (χ3n) is 4.43. The van der Waals surface area contributed by atoms with E-state index in [4.69, 9.17) is 4.74 Å². The Morgan fingerprint density at radius 3 is 2.46 bits per heavy atom. The van der Waals surface area contributed by atoms with Gasteiger partial charge in [-0.2, -0.15) is 0 Å². The third-order valence-corrected chi connectivity index (χ3v) is 4.43. The number of nitrogens with zero attached hydrogens (tertiary/aromatic N) is 1. The van der Waals surface area contributed by atoms with Crippen molar-refractivity contribution in [1.82, 2.24) is 4.90 Å². The number of amides is 1. The molecule has 3 rings (SSSR count). The van der Waals surface area contributed by atoms with Crippen molar-refractivity contribution in [3.8, 4) is 5.75 Å². The van der Waals surface area contributed by atoms with Crippen molar-refractivity contribution in [1.29, 1.82) is 0 Å². The molecule has 0 unspecified atom stereocenters. The second-order valence-corrected chi connectivity index (χ2v) is 6.19. The standard InChI is InChI=1S/C20H24N2O2/c1-24-19-8-4-3-7-18(19)21-20(23)17-11-9-16(10-12-17)15-22-13-5-2-6-14-22/h3-4,7-12H,2,5-6,13-15H2,1H3,(H,21,23). The number of carbonyl (C=O) groups is 1. The molecule has 1 heterocycles. The Morgan fingerprint density at radius 2 is 1.75 bits per heavy atom. The van der Waals surface area contributed by atoms with Crippen LogP contribution in [0.4, 0.5) is 5.69 Å². The van der Waals surface area contributed by atoms with Crippen molar-refractivity contribution in [2.75, 3.05) is 25.5 Å². The van der Waals surface area contributed by atoms with Gasteiger partial charge in [-0.25, -0.2) is 0 Å². The highest BCUT2D eigenvalue weighted by Crippen LogP contribution is 2.23. The number of likely N-dealkylation sites (tertiary alicyclic amines) is 1. The number of para-hydroxylation sites is 2. The Hall–Kier alpha value is -2.33. The summed E-state index contributed by atoms with van der Waals surface area (Å²) in [5, 5.41) is 2.90. The number of nitrogens with one attached hydrogen (secondary N) is 1. The molecule has 1 aliphatic rings. The molecule has 0 aromatic heterocycles. The SMILES string of the molecule is COc1ccccc1NC(=O)c1ccc(CN2CCCCC2)cc1. The van der Waals surface area contributed by atoms with Crippen molar-refractivity contribution < 1.29 is 9.53 Å². The molecule has 24 heavy (non-hydrogen) atoms. The lowest BCUT2D eigenvalue weighted by Crippen LogP contribution is -2.29. The van der Waals surface area contributed by atoms with E-state index in [0.717, 1.165) is 6.54 Å². The molecule has 0 bridgehead atoms. The molecule has 0 saturated carbocycles. The van der Waals surface area contributed by atoms with Gasteiger partial charge >= 0.3 is 0 Å². The topological polar surface area (TPSA) is 41.6 Å². The Balaban J connectivity index is 1.63. The first kappa shape index (κ1) is 16.5. The molecular weight excluding hydrogens is 300 g/mol. The molecule has 1 amide bonds. The van der Waals surface area contributed by atoms with Crippen LogP contribution in [0.1, 0.15) is 35.2 Å². The lowest BCUT2D eigenvalue weighted by Gasteiger charge is -2.26. The van der Waals surface area contributed by atoms with Crippen LogP contribution in [0.3, 0.4) is 0 Å². The van der Waals surface area contributed by atoms with Gasteiger partial charge in [0, 0.05) is 12.1 Å². The van der Waals surface area contributed by atoms with E-state index in [2.05, 4.69) is 10.2 Å². The Bertz CT molecular complexity index is 676. The first-order valence-corrected chi connectivity index (χ1v) is 8.52. The number of hydrogen-bond donors (Lipinski definition) is 1. The van der Waals surface area contributed by atoms with Crippen molar-refractivity contribution in [2.24, 2.45) is 0 Å². The lowest BCUT2D eigenvalue weighted by molar-refractivity contribution is 0.102. The van der Waals surface area contributed by atoms with Gasteiger partial charge in [-0.15, -0.1) is 0 Å². The smallest absolute Gasteiger partial charge is 0.255 e. The molecule has 0 atom stereocenters. The molecule has 1 aliphatic heterocycles. The fourth-order valence-electron chi connectivity index (χ4n) is 3.08. The molecule has 4 heteroatoms. The van der Waals surface area contributed by atoms with Crippen LogP contribution in [-0.2, 0) is 6.54 Å². The highest BCUT2D eigenvalue weighted by atomic mass is 16.5. The van der Waals surface area contributed by atoms with Gasteiger partial charge in [-0.3, -0.25) is 9.69 Å². The highest BCUT2D eigenvalue weighted by molar-refractivity contribution is 6.05. The lowest BCUT2D eigenvalue weighted by atomic mass is 10.1. The van der Waals surface area contributed by atoms with Gasteiger partial charge in [0.1, 0.15) is 5.75 Å². The van der Waals surface area contributed by atoms with E-state index in [1.165, 1.54) is 37.9 Å². The monoisotopic (exact) mass is 324 g/mol. The average molecular weight is 324 g/mol. The number of methoxy groups -OCH3 is 1. The fraction of sp³-hybridized carbons (Fsp3) is 0.350. The number of hydrogen-bond acceptors (Lipinski definition) is 3. The van der Waals surface area contributed by atoms with Gasteiger partial charge in [-0.05, 0) is 55.8 Å². The van der Waals surface area contributed by atoms with Gasteiger partial charge < -0.3 is 10.1 Å². The van der Waals surface area contributed by atoms with E-state index >= 15 is 0 Å². The van der Waals surface area contributed by atoms with Gasteiger partial charge in [-0.1, -0.05) is 30.7 Å². The average Bonchev–Trinajstić information content (AvgIpc) is 2.63. The van der Waals surface area contributed by atoms with Crippen LogP contribution in [0.2, 0.25) is 0 Å². The van der Waals surface area contributed by atoms with Gasteiger partial charge in [0.2, 0.25) is 0 Å². The minimum atomic E-state index is -0.121. The molecule has 1 N–H and O–H groups in total. The summed E-state index contributed by atoms with van der Waals surface area (Å²) in [4.78, 5) is 14.9. The van der Waals surface area contributed by atoms with Crippen LogP contribution in [0.25, 0.3) is 0 Å². The predicted molar refractivity (Wildman–Crippen MR) is 96.5 cm³/mol. The van der Waals surface area contributed by atoms with Gasteiger partial charge in [0.25, 0.3) is 5.91 Å². The maximum atomic E-state index is 12.4. The highest BCUT2D eigenvalue weighted by Gasteiger charge is 2.12. The molecule has 126 valence electrons. The minimum Gasteiger partial charge on any atom is -0.495 e. The maximum absolute atomic E-state index is 12.4.